The van der Waals surface area contributed by atoms with E-state index in [0.29, 0.717) is 25.0 Å². The van der Waals surface area contributed by atoms with Crippen LogP contribution in [0.4, 0.5) is 4.79 Å². The Kier molecular flexibility index (Phi) is 7.21. The van der Waals surface area contributed by atoms with E-state index in [1.807, 2.05) is 6.07 Å². The summed E-state index contributed by atoms with van der Waals surface area (Å²) in [6.45, 7) is 7.53. The van der Waals surface area contributed by atoms with Crippen molar-refractivity contribution in [1.82, 2.24) is 15.6 Å². The topological polar surface area (TPSA) is 92.4 Å². The van der Waals surface area contributed by atoms with Crippen LogP contribution in [0.25, 0.3) is 0 Å². The zero-order valence-electron chi connectivity index (χ0n) is 13.0. The van der Waals surface area contributed by atoms with Gasteiger partial charge in [-0.1, -0.05) is 19.9 Å². The monoisotopic (exact) mass is 291 g/mol. The Morgan fingerprint density at radius 2 is 2.24 bits per heavy atom. The van der Waals surface area contributed by atoms with Crippen LogP contribution >= 0.6 is 0 Å². The fourth-order valence-electron chi connectivity index (χ4n) is 1.77. The molecule has 4 N–H and O–H groups in total. The molecule has 1 aromatic heterocycles. The summed E-state index contributed by atoms with van der Waals surface area (Å²) in [5, 5.41) is 5.61. The zero-order valence-corrected chi connectivity index (χ0v) is 13.0. The molecule has 0 radical (unpaired) electrons. The number of pyridine rings is 1. The van der Waals surface area contributed by atoms with Crippen LogP contribution in [0.2, 0.25) is 0 Å². The molecule has 0 atom stereocenters. The van der Waals surface area contributed by atoms with Gasteiger partial charge in [-0.2, -0.15) is 0 Å². The Balaban J connectivity index is 2.41. The first kappa shape index (κ1) is 16.9. The molecule has 6 heteroatoms. The maximum absolute atomic E-state index is 10.9. The first-order valence-corrected chi connectivity index (χ1v) is 7.24. The summed E-state index contributed by atoms with van der Waals surface area (Å²) in [5.74, 6) is 0.863. The molecule has 0 aliphatic carbocycles. The molecule has 0 aliphatic heterocycles. The smallest absolute Gasteiger partial charge is 0.318 e. The Hall–Kier alpha value is -2.11. The largest absolute Gasteiger partial charge is 0.356 e. The second kappa shape index (κ2) is 8.94. The van der Waals surface area contributed by atoms with Crippen LogP contribution in [-0.2, 0) is 6.42 Å². The number of aryl methyl sites for hydroxylation is 2. The number of hydrogen-bond donors (Lipinski definition) is 3. The van der Waals surface area contributed by atoms with Crippen molar-refractivity contribution in [3.63, 3.8) is 0 Å². The summed E-state index contributed by atoms with van der Waals surface area (Å²) in [4.78, 5) is 19.6. The van der Waals surface area contributed by atoms with Crippen molar-refractivity contribution in [2.75, 3.05) is 13.1 Å². The van der Waals surface area contributed by atoms with Gasteiger partial charge < -0.3 is 11.1 Å². The van der Waals surface area contributed by atoms with Crippen LogP contribution in [0.5, 0.6) is 0 Å². The number of hydrogen-bond acceptors (Lipinski definition) is 3. The van der Waals surface area contributed by atoms with Crippen LogP contribution < -0.4 is 16.4 Å². The van der Waals surface area contributed by atoms with Gasteiger partial charge in [0.15, 0.2) is 5.96 Å². The number of primary amides is 1. The van der Waals surface area contributed by atoms with E-state index in [4.69, 9.17) is 5.73 Å². The molecule has 0 saturated heterocycles. The lowest BCUT2D eigenvalue weighted by atomic mass is 10.1. The lowest BCUT2D eigenvalue weighted by Gasteiger charge is -2.11. The van der Waals surface area contributed by atoms with Crippen molar-refractivity contribution in [2.45, 2.75) is 33.6 Å². The number of nitrogens with zero attached hydrogens (tertiary/aromatic N) is 2. The van der Waals surface area contributed by atoms with Crippen LogP contribution in [0, 0.1) is 12.8 Å². The van der Waals surface area contributed by atoms with E-state index in [1.54, 1.807) is 6.20 Å². The lowest BCUT2D eigenvalue weighted by Crippen LogP contribution is -2.44. The van der Waals surface area contributed by atoms with Gasteiger partial charge in [0.2, 0.25) is 0 Å². The molecule has 2 amide bonds. The average Bonchev–Trinajstić information content (AvgIpc) is 2.41. The highest BCUT2D eigenvalue weighted by Crippen LogP contribution is 2.05. The molecular weight excluding hydrogens is 266 g/mol. The molecule has 0 fully saturated rings. The zero-order chi connectivity index (χ0) is 15.7. The molecule has 1 aromatic rings. The van der Waals surface area contributed by atoms with Crippen LogP contribution in [0.1, 0.15) is 31.5 Å². The molecule has 0 aliphatic rings. The van der Waals surface area contributed by atoms with E-state index >= 15 is 0 Å². The number of rotatable bonds is 6. The molecule has 0 aromatic carbocycles. The van der Waals surface area contributed by atoms with Crippen LogP contribution in [0.15, 0.2) is 23.3 Å². The number of carbonyl (C=O) groups excluding carboxylic acids is 1. The maximum Gasteiger partial charge on any atom is 0.318 e. The third-order valence-electron chi connectivity index (χ3n) is 2.86. The number of nitrogens with one attached hydrogen (secondary N) is 2. The molecule has 21 heavy (non-hydrogen) atoms. The predicted molar refractivity (Wildman–Crippen MR) is 85.2 cm³/mol. The van der Waals surface area contributed by atoms with Crippen LogP contribution in [-0.4, -0.2) is 30.1 Å². The lowest BCUT2D eigenvalue weighted by molar-refractivity contribution is 0.253. The van der Waals surface area contributed by atoms with Crippen molar-refractivity contribution in [1.29, 1.82) is 0 Å². The molecule has 0 spiro atoms. The van der Waals surface area contributed by atoms with E-state index in [9.17, 15) is 4.79 Å². The van der Waals surface area contributed by atoms with E-state index in [2.05, 4.69) is 47.4 Å². The number of guanidine groups is 1. The van der Waals surface area contributed by atoms with Gasteiger partial charge in [-0.25, -0.2) is 4.79 Å². The van der Waals surface area contributed by atoms with Gasteiger partial charge in [0.25, 0.3) is 0 Å². The molecular formula is C15H25N5O. The molecule has 0 unspecified atom stereocenters. The quantitative estimate of drug-likeness (QED) is 0.422. The summed E-state index contributed by atoms with van der Waals surface area (Å²) in [5.41, 5.74) is 7.43. The Morgan fingerprint density at radius 3 is 2.86 bits per heavy atom. The van der Waals surface area contributed by atoms with Gasteiger partial charge in [0.05, 0.1) is 0 Å². The van der Waals surface area contributed by atoms with Gasteiger partial charge in [-0.15, -0.1) is 0 Å². The number of aromatic nitrogens is 1. The summed E-state index contributed by atoms with van der Waals surface area (Å²) in [6, 6.07) is 3.38. The van der Waals surface area contributed by atoms with Crippen molar-refractivity contribution in [3.8, 4) is 0 Å². The number of amides is 2. The molecule has 0 bridgehead atoms. The molecule has 1 heterocycles. The Labute approximate surface area is 126 Å². The third-order valence-corrected chi connectivity index (χ3v) is 2.86. The van der Waals surface area contributed by atoms with Crippen molar-refractivity contribution in [2.24, 2.45) is 16.6 Å². The van der Waals surface area contributed by atoms with Crippen molar-refractivity contribution < 1.29 is 4.79 Å². The van der Waals surface area contributed by atoms with Gasteiger partial charge in [0.1, 0.15) is 0 Å². The SMILES string of the molecule is Cc1cccnc1CCCNC(=NCC(C)C)NC(N)=O. The van der Waals surface area contributed by atoms with Crippen molar-refractivity contribution in [3.05, 3.63) is 29.6 Å². The highest BCUT2D eigenvalue weighted by molar-refractivity contribution is 5.95. The summed E-state index contributed by atoms with van der Waals surface area (Å²) in [7, 11) is 0. The number of aliphatic imine (C=N–C) groups is 1. The summed E-state index contributed by atoms with van der Waals surface area (Å²) < 4.78 is 0. The van der Waals surface area contributed by atoms with Gasteiger partial charge in [-0.3, -0.25) is 15.3 Å². The first-order chi connectivity index (χ1) is 9.99. The minimum atomic E-state index is -0.606. The Morgan fingerprint density at radius 1 is 1.48 bits per heavy atom. The fraction of sp³-hybridized carbons (Fsp3) is 0.533. The fourth-order valence-corrected chi connectivity index (χ4v) is 1.77. The van der Waals surface area contributed by atoms with E-state index in [0.717, 1.165) is 18.5 Å². The normalized spacial score (nSPS) is 11.5. The maximum atomic E-state index is 10.9. The van der Waals surface area contributed by atoms with Gasteiger partial charge in [0, 0.05) is 25.0 Å². The predicted octanol–water partition coefficient (Wildman–Crippen LogP) is 1.59. The van der Waals surface area contributed by atoms with E-state index < -0.39 is 6.03 Å². The minimum Gasteiger partial charge on any atom is -0.356 e. The summed E-state index contributed by atoms with van der Waals surface area (Å²) >= 11 is 0. The molecule has 6 nitrogen and oxygen atoms in total. The molecule has 116 valence electrons. The molecule has 0 saturated carbocycles. The third kappa shape index (κ3) is 7.29. The second-order valence-electron chi connectivity index (χ2n) is 5.37. The standard InChI is InChI=1S/C15H25N5O/c1-11(2)10-19-15(20-14(16)21)18-9-5-7-13-12(3)6-4-8-17-13/h4,6,8,11H,5,7,9-10H2,1-3H3,(H4,16,18,19,20,21). The Bertz CT molecular complexity index is 485. The average molecular weight is 291 g/mol. The second-order valence-corrected chi connectivity index (χ2v) is 5.37. The minimum absolute atomic E-state index is 0.424. The van der Waals surface area contributed by atoms with Gasteiger partial charge >= 0.3 is 6.03 Å². The van der Waals surface area contributed by atoms with Crippen molar-refractivity contribution >= 4 is 12.0 Å². The van der Waals surface area contributed by atoms with Gasteiger partial charge in [-0.05, 0) is 37.3 Å². The highest BCUT2D eigenvalue weighted by atomic mass is 16.2. The van der Waals surface area contributed by atoms with Crippen LogP contribution in [0.3, 0.4) is 0 Å². The van der Waals surface area contributed by atoms with E-state index in [-0.39, 0.29) is 0 Å². The molecule has 1 rings (SSSR count). The number of nitrogens with two attached hydrogens (primary N) is 1. The first-order valence-electron chi connectivity index (χ1n) is 7.24. The van der Waals surface area contributed by atoms with E-state index in [1.165, 1.54) is 5.56 Å². The highest BCUT2D eigenvalue weighted by Gasteiger charge is 2.03. The number of urea groups is 1. The number of carbonyl (C=O) groups is 1. The summed E-state index contributed by atoms with van der Waals surface area (Å²) in [6.07, 6.45) is 3.59.